The van der Waals surface area contributed by atoms with Crippen molar-refractivity contribution in [3.63, 3.8) is 0 Å². The van der Waals surface area contributed by atoms with Crippen LogP contribution < -0.4 is 10.2 Å². The maximum absolute atomic E-state index is 13.7. The molecule has 1 aromatic rings. The minimum absolute atomic E-state index is 0.147. The lowest BCUT2D eigenvalue weighted by Gasteiger charge is -2.23. The first-order valence-electron chi connectivity index (χ1n) is 7.57. The quantitative estimate of drug-likeness (QED) is 0.631. The van der Waals surface area contributed by atoms with Gasteiger partial charge in [0, 0.05) is 32.8 Å². The van der Waals surface area contributed by atoms with E-state index in [0.29, 0.717) is 5.69 Å². The van der Waals surface area contributed by atoms with Crippen LogP contribution in [0, 0.1) is 5.82 Å². The molecular weight excluding hydrogens is 255 g/mol. The number of anilines is 1. The molecule has 0 unspecified atom stereocenters. The highest BCUT2D eigenvalue weighted by Gasteiger charge is 2.08. The third kappa shape index (κ3) is 6.35. The minimum atomic E-state index is -0.147. The van der Waals surface area contributed by atoms with Gasteiger partial charge in [-0.2, -0.15) is 0 Å². The molecule has 0 heterocycles. The van der Waals surface area contributed by atoms with Crippen molar-refractivity contribution in [1.29, 1.82) is 0 Å². The summed E-state index contributed by atoms with van der Waals surface area (Å²) >= 11 is 0. The van der Waals surface area contributed by atoms with Gasteiger partial charge in [0.25, 0.3) is 0 Å². The first-order chi connectivity index (χ1) is 9.79. The Hall–Kier alpha value is -1.13. The summed E-state index contributed by atoms with van der Waals surface area (Å²) in [5, 5.41) is 3.40. The van der Waals surface area contributed by atoms with Gasteiger partial charge in [-0.05, 0) is 45.4 Å². The largest absolute Gasteiger partial charge is 0.382 e. The summed E-state index contributed by atoms with van der Waals surface area (Å²) in [4.78, 5) is 2.06. The van der Waals surface area contributed by atoms with Crippen molar-refractivity contribution in [2.75, 3.05) is 44.3 Å². The molecule has 114 valence electrons. The van der Waals surface area contributed by atoms with E-state index in [-0.39, 0.29) is 5.82 Å². The molecule has 1 N–H and O–H groups in total. The van der Waals surface area contributed by atoms with E-state index in [1.807, 2.05) is 19.1 Å². The summed E-state index contributed by atoms with van der Waals surface area (Å²) in [6.45, 7) is 9.19. The van der Waals surface area contributed by atoms with Crippen LogP contribution in [0.1, 0.15) is 26.7 Å². The van der Waals surface area contributed by atoms with Crippen LogP contribution in [0.3, 0.4) is 0 Å². The smallest absolute Gasteiger partial charge is 0.146 e. The highest BCUT2D eigenvalue weighted by atomic mass is 19.1. The third-order valence-corrected chi connectivity index (χ3v) is 3.23. The van der Waals surface area contributed by atoms with Crippen LogP contribution in [0.25, 0.3) is 0 Å². The van der Waals surface area contributed by atoms with Gasteiger partial charge in [-0.15, -0.1) is 0 Å². The van der Waals surface area contributed by atoms with E-state index in [1.54, 1.807) is 6.07 Å². The van der Waals surface area contributed by atoms with Crippen LogP contribution in [0.15, 0.2) is 24.3 Å². The third-order valence-electron chi connectivity index (χ3n) is 3.23. The Morgan fingerprint density at radius 1 is 1.15 bits per heavy atom. The second-order valence-corrected chi connectivity index (χ2v) is 4.69. The standard InChI is InChI=1S/C16H27FN2O/c1-3-19(16-10-6-5-9-15(16)17)13-12-18-11-7-8-14-20-4-2/h5-6,9-10,18H,3-4,7-8,11-14H2,1-2H3. The molecule has 4 heteroatoms. The van der Waals surface area contributed by atoms with Crippen molar-refractivity contribution in [2.24, 2.45) is 0 Å². The fraction of sp³-hybridized carbons (Fsp3) is 0.625. The van der Waals surface area contributed by atoms with Gasteiger partial charge in [-0.1, -0.05) is 12.1 Å². The van der Waals surface area contributed by atoms with Gasteiger partial charge in [0.2, 0.25) is 0 Å². The zero-order chi connectivity index (χ0) is 14.6. The lowest BCUT2D eigenvalue weighted by Crippen LogP contribution is -2.33. The van der Waals surface area contributed by atoms with E-state index in [0.717, 1.165) is 52.2 Å². The van der Waals surface area contributed by atoms with Crippen molar-refractivity contribution < 1.29 is 9.13 Å². The van der Waals surface area contributed by atoms with E-state index < -0.39 is 0 Å². The zero-order valence-corrected chi connectivity index (χ0v) is 12.7. The number of hydrogen-bond donors (Lipinski definition) is 1. The molecule has 0 bridgehead atoms. The molecule has 0 saturated carbocycles. The van der Waals surface area contributed by atoms with Gasteiger partial charge in [0.15, 0.2) is 0 Å². The number of hydrogen-bond acceptors (Lipinski definition) is 3. The van der Waals surface area contributed by atoms with Crippen LogP contribution in [-0.2, 0) is 4.74 Å². The van der Waals surface area contributed by atoms with E-state index >= 15 is 0 Å². The summed E-state index contributed by atoms with van der Waals surface area (Å²) < 4.78 is 19.0. The Labute approximate surface area is 122 Å². The highest BCUT2D eigenvalue weighted by molar-refractivity contribution is 5.47. The van der Waals surface area contributed by atoms with E-state index in [1.165, 1.54) is 6.07 Å². The molecule has 0 aliphatic heterocycles. The Morgan fingerprint density at radius 3 is 2.65 bits per heavy atom. The molecule has 0 saturated heterocycles. The maximum atomic E-state index is 13.7. The monoisotopic (exact) mass is 282 g/mol. The molecule has 0 aliphatic rings. The molecule has 3 nitrogen and oxygen atoms in total. The van der Waals surface area contributed by atoms with E-state index in [4.69, 9.17) is 4.74 Å². The van der Waals surface area contributed by atoms with Crippen LogP contribution in [0.5, 0.6) is 0 Å². The molecular formula is C16H27FN2O. The molecule has 1 rings (SSSR count). The summed E-state index contributed by atoms with van der Waals surface area (Å²) in [5.74, 6) is -0.147. The Balaban J connectivity index is 2.18. The summed E-state index contributed by atoms with van der Waals surface area (Å²) in [7, 11) is 0. The molecule has 1 aromatic carbocycles. The topological polar surface area (TPSA) is 24.5 Å². The van der Waals surface area contributed by atoms with Crippen LogP contribution in [0.2, 0.25) is 0 Å². The van der Waals surface area contributed by atoms with Crippen molar-refractivity contribution in [1.82, 2.24) is 5.32 Å². The molecule has 0 atom stereocenters. The fourth-order valence-electron chi connectivity index (χ4n) is 2.09. The maximum Gasteiger partial charge on any atom is 0.146 e. The van der Waals surface area contributed by atoms with Gasteiger partial charge in [-0.3, -0.25) is 0 Å². The summed E-state index contributed by atoms with van der Waals surface area (Å²) in [6, 6.07) is 6.95. The molecule has 20 heavy (non-hydrogen) atoms. The SMILES string of the molecule is CCOCCCCNCCN(CC)c1ccccc1F. The second-order valence-electron chi connectivity index (χ2n) is 4.69. The molecule has 0 spiro atoms. The average Bonchev–Trinajstić information content (AvgIpc) is 2.47. The predicted molar refractivity (Wildman–Crippen MR) is 82.9 cm³/mol. The van der Waals surface area contributed by atoms with Crippen molar-refractivity contribution in [2.45, 2.75) is 26.7 Å². The first-order valence-corrected chi connectivity index (χ1v) is 7.57. The lowest BCUT2D eigenvalue weighted by atomic mass is 10.2. The number of benzene rings is 1. The van der Waals surface area contributed by atoms with Gasteiger partial charge < -0.3 is 15.0 Å². The van der Waals surface area contributed by atoms with Crippen LogP contribution >= 0.6 is 0 Å². The van der Waals surface area contributed by atoms with Crippen molar-refractivity contribution in [3.05, 3.63) is 30.1 Å². The van der Waals surface area contributed by atoms with Crippen molar-refractivity contribution in [3.8, 4) is 0 Å². The first kappa shape index (κ1) is 16.9. The fourth-order valence-corrected chi connectivity index (χ4v) is 2.09. The molecule has 0 amide bonds. The summed E-state index contributed by atoms with van der Waals surface area (Å²) in [5.41, 5.74) is 0.688. The number of rotatable bonds is 11. The molecule has 0 aliphatic carbocycles. The van der Waals surface area contributed by atoms with Crippen LogP contribution in [-0.4, -0.2) is 39.4 Å². The number of ether oxygens (including phenoxy) is 1. The minimum Gasteiger partial charge on any atom is -0.382 e. The Kier molecular flexibility index (Phi) is 9.00. The second kappa shape index (κ2) is 10.6. The number of likely N-dealkylation sites (N-methyl/N-ethyl adjacent to an activating group) is 1. The molecule has 0 aromatic heterocycles. The average molecular weight is 282 g/mol. The Morgan fingerprint density at radius 2 is 1.95 bits per heavy atom. The van der Waals surface area contributed by atoms with E-state index in [2.05, 4.69) is 17.1 Å². The Bertz CT molecular complexity index is 360. The van der Waals surface area contributed by atoms with Crippen LogP contribution in [0.4, 0.5) is 10.1 Å². The van der Waals surface area contributed by atoms with Gasteiger partial charge in [0.1, 0.15) is 5.82 Å². The molecule has 0 fully saturated rings. The highest BCUT2D eigenvalue weighted by Crippen LogP contribution is 2.17. The number of nitrogens with zero attached hydrogens (tertiary/aromatic N) is 1. The van der Waals surface area contributed by atoms with E-state index in [9.17, 15) is 4.39 Å². The number of halogens is 1. The van der Waals surface area contributed by atoms with Gasteiger partial charge in [0.05, 0.1) is 5.69 Å². The number of nitrogens with one attached hydrogen (secondary N) is 1. The lowest BCUT2D eigenvalue weighted by molar-refractivity contribution is 0.143. The van der Waals surface area contributed by atoms with Gasteiger partial charge >= 0.3 is 0 Å². The zero-order valence-electron chi connectivity index (χ0n) is 12.7. The number of para-hydroxylation sites is 1. The predicted octanol–water partition coefficient (Wildman–Crippen LogP) is 3.06. The van der Waals surface area contributed by atoms with Crippen molar-refractivity contribution >= 4 is 5.69 Å². The van der Waals surface area contributed by atoms with Gasteiger partial charge in [-0.25, -0.2) is 4.39 Å². The molecule has 0 radical (unpaired) electrons. The summed E-state index contributed by atoms with van der Waals surface area (Å²) in [6.07, 6.45) is 2.21. The number of unbranched alkanes of at least 4 members (excludes halogenated alkanes) is 1. The normalized spacial score (nSPS) is 10.8.